The van der Waals surface area contributed by atoms with Crippen molar-refractivity contribution in [3.05, 3.63) is 28.8 Å². The fourth-order valence-corrected chi connectivity index (χ4v) is 1.78. The predicted molar refractivity (Wildman–Crippen MR) is 74.3 cm³/mol. The lowest BCUT2D eigenvalue weighted by atomic mass is 10.1. The average Bonchev–Trinajstić information content (AvgIpc) is 2.38. The molecule has 0 unspecified atom stereocenters. The smallest absolute Gasteiger partial charge is 0.396 e. The molecule has 0 aliphatic carbocycles. The van der Waals surface area contributed by atoms with Gasteiger partial charge in [0.2, 0.25) is 0 Å². The number of aliphatic hydroxyl groups is 1. The van der Waals surface area contributed by atoms with E-state index in [1.54, 1.807) is 0 Å². The number of carbonyl (C=O) groups is 1. The second kappa shape index (κ2) is 7.51. The first kappa shape index (κ1) is 17.6. The summed E-state index contributed by atoms with van der Waals surface area (Å²) in [6.45, 7) is 2.21. The Kier molecular flexibility index (Phi) is 6.29. The molecular formula is C13H16ClF3N2O2. The van der Waals surface area contributed by atoms with Crippen LogP contribution < -0.4 is 10.6 Å². The normalized spacial score (nSPS) is 12.9. The largest absolute Gasteiger partial charge is 0.416 e. The second-order valence-electron chi connectivity index (χ2n) is 4.64. The highest BCUT2D eigenvalue weighted by Crippen LogP contribution is 2.33. The lowest BCUT2D eigenvalue weighted by Gasteiger charge is -2.14. The van der Waals surface area contributed by atoms with Crippen molar-refractivity contribution in [2.24, 2.45) is 5.92 Å². The Hall–Kier alpha value is -1.47. The summed E-state index contributed by atoms with van der Waals surface area (Å²) in [6.07, 6.45) is -3.94. The molecule has 0 aliphatic heterocycles. The number of hydrogen-bond donors (Lipinski definition) is 3. The third-order valence-corrected chi connectivity index (χ3v) is 3.09. The molecule has 0 radical (unpaired) electrons. The van der Waals surface area contributed by atoms with E-state index in [-0.39, 0.29) is 23.2 Å². The standard InChI is InChI=1S/C13H16ClF3N2O2/c1-8(4-5-20)7-18-12(21)19-11-3-2-9(6-10(11)14)13(15,16)17/h2-3,6,8,20H,4-5,7H2,1H3,(H2,18,19,21)/t8-/m0/s1. The molecule has 4 nitrogen and oxygen atoms in total. The summed E-state index contributed by atoms with van der Waals surface area (Å²) in [5, 5.41) is 13.5. The molecule has 0 fully saturated rings. The molecule has 0 saturated carbocycles. The summed E-state index contributed by atoms with van der Waals surface area (Å²) in [5.74, 6) is 0.0869. The summed E-state index contributed by atoms with van der Waals surface area (Å²) in [5.41, 5.74) is -0.785. The Bertz CT molecular complexity index is 495. The number of carbonyl (C=O) groups excluding carboxylic acids is 1. The van der Waals surface area contributed by atoms with Gasteiger partial charge < -0.3 is 15.7 Å². The summed E-state index contributed by atoms with van der Waals surface area (Å²) in [6, 6.07) is 2.13. The van der Waals surface area contributed by atoms with Gasteiger partial charge in [0.25, 0.3) is 0 Å². The molecule has 0 bridgehead atoms. The molecule has 0 saturated heterocycles. The fourth-order valence-electron chi connectivity index (χ4n) is 1.55. The molecule has 1 atom stereocenters. The van der Waals surface area contributed by atoms with Crippen molar-refractivity contribution in [3.63, 3.8) is 0 Å². The van der Waals surface area contributed by atoms with Crippen molar-refractivity contribution in [1.82, 2.24) is 5.32 Å². The monoisotopic (exact) mass is 324 g/mol. The van der Waals surface area contributed by atoms with Crippen LogP contribution in [0.2, 0.25) is 5.02 Å². The first-order valence-corrected chi connectivity index (χ1v) is 6.64. The van der Waals surface area contributed by atoms with Crippen LogP contribution in [-0.4, -0.2) is 24.3 Å². The van der Waals surface area contributed by atoms with Crippen LogP contribution >= 0.6 is 11.6 Å². The number of urea groups is 1. The third kappa shape index (κ3) is 5.81. The van der Waals surface area contributed by atoms with Crippen LogP contribution in [0, 0.1) is 5.92 Å². The molecule has 8 heteroatoms. The lowest BCUT2D eigenvalue weighted by molar-refractivity contribution is -0.137. The molecule has 21 heavy (non-hydrogen) atoms. The maximum atomic E-state index is 12.5. The highest BCUT2D eigenvalue weighted by molar-refractivity contribution is 6.33. The number of anilines is 1. The Morgan fingerprint density at radius 2 is 2.10 bits per heavy atom. The minimum atomic E-state index is -4.48. The van der Waals surface area contributed by atoms with E-state index in [4.69, 9.17) is 16.7 Å². The maximum Gasteiger partial charge on any atom is 0.416 e. The molecular weight excluding hydrogens is 309 g/mol. The van der Waals surface area contributed by atoms with E-state index in [1.807, 2.05) is 6.92 Å². The van der Waals surface area contributed by atoms with Gasteiger partial charge in [0, 0.05) is 13.2 Å². The number of benzene rings is 1. The van der Waals surface area contributed by atoms with Crippen molar-refractivity contribution >= 4 is 23.3 Å². The Labute approximate surface area is 125 Å². The highest BCUT2D eigenvalue weighted by Gasteiger charge is 2.30. The number of hydrogen-bond acceptors (Lipinski definition) is 2. The van der Waals surface area contributed by atoms with E-state index in [1.165, 1.54) is 0 Å². The number of aliphatic hydroxyl groups excluding tert-OH is 1. The third-order valence-electron chi connectivity index (χ3n) is 2.78. The minimum absolute atomic E-state index is 0.0230. The number of nitrogens with one attached hydrogen (secondary N) is 2. The number of halogens is 4. The van der Waals surface area contributed by atoms with Gasteiger partial charge in [0.15, 0.2) is 0 Å². The first-order chi connectivity index (χ1) is 9.74. The molecule has 2 amide bonds. The van der Waals surface area contributed by atoms with Gasteiger partial charge in [-0.3, -0.25) is 0 Å². The van der Waals surface area contributed by atoms with Gasteiger partial charge in [0.05, 0.1) is 16.3 Å². The number of amides is 2. The van der Waals surface area contributed by atoms with Gasteiger partial charge in [-0.1, -0.05) is 18.5 Å². The molecule has 1 rings (SSSR count). The van der Waals surface area contributed by atoms with Crippen LogP contribution in [0.5, 0.6) is 0 Å². The van der Waals surface area contributed by atoms with Crippen molar-refractivity contribution in [3.8, 4) is 0 Å². The van der Waals surface area contributed by atoms with E-state index >= 15 is 0 Å². The van der Waals surface area contributed by atoms with Gasteiger partial charge in [-0.05, 0) is 30.5 Å². The van der Waals surface area contributed by atoms with E-state index in [9.17, 15) is 18.0 Å². The maximum absolute atomic E-state index is 12.5. The number of rotatable bonds is 5. The molecule has 0 heterocycles. The predicted octanol–water partition coefficient (Wildman–Crippen LogP) is 3.50. The molecule has 0 aliphatic rings. The fraction of sp³-hybridized carbons (Fsp3) is 0.462. The molecule has 118 valence electrons. The zero-order valence-electron chi connectivity index (χ0n) is 11.3. The van der Waals surface area contributed by atoms with Crippen LogP contribution in [0.25, 0.3) is 0 Å². The van der Waals surface area contributed by atoms with E-state index in [2.05, 4.69) is 10.6 Å². The first-order valence-electron chi connectivity index (χ1n) is 6.26. The zero-order valence-corrected chi connectivity index (χ0v) is 12.1. The van der Waals surface area contributed by atoms with Crippen LogP contribution in [0.15, 0.2) is 18.2 Å². The lowest BCUT2D eigenvalue weighted by Crippen LogP contribution is -2.32. The summed E-state index contributed by atoms with van der Waals surface area (Å²) in [7, 11) is 0. The average molecular weight is 325 g/mol. The van der Waals surface area contributed by atoms with Crippen molar-refractivity contribution < 1.29 is 23.1 Å². The van der Waals surface area contributed by atoms with Gasteiger partial charge in [-0.2, -0.15) is 13.2 Å². The van der Waals surface area contributed by atoms with Crippen molar-refractivity contribution in [2.75, 3.05) is 18.5 Å². The van der Waals surface area contributed by atoms with Gasteiger partial charge in [-0.25, -0.2) is 4.79 Å². The van der Waals surface area contributed by atoms with Gasteiger partial charge in [-0.15, -0.1) is 0 Å². The zero-order chi connectivity index (χ0) is 16.0. The molecule has 1 aromatic carbocycles. The van der Waals surface area contributed by atoms with Crippen LogP contribution in [0.4, 0.5) is 23.7 Å². The Morgan fingerprint density at radius 3 is 2.62 bits per heavy atom. The molecule has 3 N–H and O–H groups in total. The summed E-state index contributed by atoms with van der Waals surface area (Å²) >= 11 is 5.72. The second-order valence-corrected chi connectivity index (χ2v) is 5.05. The Balaban J connectivity index is 2.61. The number of alkyl halides is 3. The topological polar surface area (TPSA) is 61.4 Å². The SMILES string of the molecule is C[C@@H](CCO)CNC(=O)Nc1ccc(C(F)(F)F)cc1Cl. The highest BCUT2D eigenvalue weighted by atomic mass is 35.5. The molecule has 0 aromatic heterocycles. The van der Waals surface area contributed by atoms with Crippen LogP contribution in [0.3, 0.4) is 0 Å². The quantitative estimate of drug-likeness (QED) is 0.776. The van der Waals surface area contributed by atoms with Crippen LogP contribution in [-0.2, 0) is 6.18 Å². The molecule has 0 spiro atoms. The Morgan fingerprint density at radius 1 is 1.43 bits per heavy atom. The van der Waals surface area contributed by atoms with Gasteiger partial charge >= 0.3 is 12.2 Å². The van der Waals surface area contributed by atoms with Gasteiger partial charge in [0.1, 0.15) is 0 Å². The van der Waals surface area contributed by atoms with E-state index in [0.29, 0.717) is 13.0 Å². The van der Waals surface area contributed by atoms with E-state index in [0.717, 1.165) is 18.2 Å². The van der Waals surface area contributed by atoms with Crippen molar-refractivity contribution in [2.45, 2.75) is 19.5 Å². The van der Waals surface area contributed by atoms with Crippen LogP contribution in [0.1, 0.15) is 18.9 Å². The molecule has 1 aromatic rings. The van der Waals surface area contributed by atoms with E-state index < -0.39 is 17.8 Å². The summed E-state index contributed by atoms with van der Waals surface area (Å²) in [4.78, 5) is 11.6. The summed E-state index contributed by atoms with van der Waals surface area (Å²) < 4.78 is 37.4. The van der Waals surface area contributed by atoms with Crippen molar-refractivity contribution in [1.29, 1.82) is 0 Å². The minimum Gasteiger partial charge on any atom is -0.396 e.